The van der Waals surface area contributed by atoms with E-state index >= 15 is 0 Å². The lowest BCUT2D eigenvalue weighted by atomic mass is 10.2. The molecule has 25 heavy (non-hydrogen) atoms. The first-order valence-electron chi connectivity index (χ1n) is 8.35. The number of hydrogen-bond donors (Lipinski definition) is 2. The van der Waals surface area contributed by atoms with Gasteiger partial charge in [0.05, 0.1) is 5.69 Å². The van der Waals surface area contributed by atoms with Crippen molar-refractivity contribution in [2.45, 2.75) is 32.2 Å². The zero-order chi connectivity index (χ0) is 18.4. The smallest absolute Gasteiger partial charge is 0.328 e. The topological polar surface area (TPSA) is 81.8 Å². The van der Waals surface area contributed by atoms with E-state index in [0.717, 1.165) is 17.7 Å². The number of urea groups is 2. The molecule has 1 aliphatic heterocycles. The number of allylic oxidation sites excluding steroid dienone is 1. The number of carbonyl (C=O) groups excluding carboxylic acids is 3. The minimum atomic E-state index is -0.498. The van der Waals surface area contributed by atoms with E-state index in [0.29, 0.717) is 24.3 Å². The van der Waals surface area contributed by atoms with Crippen molar-refractivity contribution in [3.8, 4) is 0 Å². The predicted octanol–water partition coefficient (Wildman–Crippen LogP) is 2.95. The van der Waals surface area contributed by atoms with Crippen molar-refractivity contribution in [2.75, 3.05) is 23.8 Å². The molecule has 1 heterocycles. The summed E-state index contributed by atoms with van der Waals surface area (Å²) in [6.07, 6.45) is 4.04. The summed E-state index contributed by atoms with van der Waals surface area (Å²) in [6.45, 7) is 6.11. The maximum absolute atomic E-state index is 12.3. The lowest BCUT2D eigenvalue weighted by Crippen LogP contribution is -2.33. The van der Waals surface area contributed by atoms with Gasteiger partial charge in [-0.3, -0.25) is 4.79 Å². The summed E-state index contributed by atoms with van der Waals surface area (Å²) in [5, 5.41) is 5.42. The van der Waals surface area contributed by atoms with Gasteiger partial charge in [-0.1, -0.05) is 19.1 Å². The number of amides is 5. The first-order valence-corrected chi connectivity index (χ1v) is 8.35. The molecule has 0 spiro atoms. The Labute approximate surface area is 147 Å². The third kappa shape index (κ3) is 4.37. The van der Waals surface area contributed by atoms with Gasteiger partial charge in [0.1, 0.15) is 6.04 Å². The third-order valence-corrected chi connectivity index (χ3v) is 4.03. The van der Waals surface area contributed by atoms with Gasteiger partial charge < -0.3 is 15.5 Å². The number of carbonyl (C=O) groups is 3. The van der Waals surface area contributed by atoms with Crippen molar-refractivity contribution in [2.24, 2.45) is 0 Å². The van der Waals surface area contributed by atoms with Crippen LogP contribution in [0.4, 0.5) is 21.0 Å². The van der Waals surface area contributed by atoms with Crippen molar-refractivity contribution in [1.29, 1.82) is 0 Å². The number of benzene rings is 1. The van der Waals surface area contributed by atoms with E-state index in [9.17, 15) is 14.4 Å². The molecule has 7 heteroatoms. The molecular weight excluding hydrogens is 320 g/mol. The summed E-state index contributed by atoms with van der Waals surface area (Å²) >= 11 is 0. The average Bonchev–Trinajstić information content (AvgIpc) is 2.89. The number of hydrogen-bond acceptors (Lipinski definition) is 3. The third-order valence-electron chi connectivity index (χ3n) is 4.03. The summed E-state index contributed by atoms with van der Waals surface area (Å²) in [4.78, 5) is 39.2. The molecule has 5 amide bonds. The molecule has 1 aromatic carbocycles. The molecular formula is C18H24N4O3. The zero-order valence-corrected chi connectivity index (χ0v) is 14.6. The van der Waals surface area contributed by atoms with Gasteiger partial charge in [-0.05, 0) is 37.5 Å². The molecule has 1 aliphatic rings. The van der Waals surface area contributed by atoms with E-state index in [-0.39, 0.29) is 11.9 Å². The molecule has 0 saturated carbocycles. The normalized spacial score (nSPS) is 16.6. The summed E-state index contributed by atoms with van der Waals surface area (Å²) < 4.78 is 0. The van der Waals surface area contributed by atoms with Gasteiger partial charge in [0.2, 0.25) is 0 Å². The maximum atomic E-state index is 12.3. The summed E-state index contributed by atoms with van der Waals surface area (Å²) in [5.41, 5.74) is 0.962. The molecule has 0 aliphatic carbocycles. The number of rotatable bonds is 7. The first-order chi connectivity index (χ1) is 12.0. The van der Waals surface area contributed by atoms with E-state index < -0.39 is 12.1 Å². The Kier molecular flexibility index (Phi) is 6.16. The second kappa shape index (κ2) is 8.32. The van der Waals surface area contributed by atoms with E-state index in [1.54, 1.807) is 36.2 Å². The second-order valence-electron chi connectivity index (χ2n) is 5.92. The van der Waals surface area contributed by atoms with E-state index in [2.05, 4.69) is 17.2 Å². The highest BCUT2D eigenvalue weighted by molar-refractivity contribution is 6.21. The van der Waals surface area contributed by atoms with E-state index in [1.807, 2.05) is 13.0 Å². The van der Waals surface area contributed by atoms with Crippen LogP contribution in [0.5, 0.6) is 0 Å². The Morgan fingerprint density at radius 2 is 2.20 bits per heavy atom. The fourth-order valence-electron chi connectivity index (χ4n) is 2.57. The summed E-state index contributed by atoms with van der Waals surface area (Å²) in [7, 11) is 1.71. The lowest BCUT2D eigenvalue weighted by molar-refractivity contribution is -0.118. The van der Waals surface area contributed by atoms with E-state index in [4.69, 9.17) is 0 Å². The highest BCUT2D eigenvalue weighted by atomic mass is 16.2. The van der Waals surface area contributed by atoms with Crippen LogP contribution in [0.15, 0.2) is 36.9 Å². The molecule has 0 unspecified atom stereocenters. The second-order valence-corrected chi connectivity index (χ2v) is 5.92. The molecule has 134 valence electrons. The molecule has 0 bridgehead atoms. The Morgan fingerprint density at radius 1 is 1.44 bits per heavy atom. The van der Waals surface area contributed by atoms with Crippen LogP contribution in [0.2, 0.25) is 0 Å². The molecule has 1 atom stereocenters. The van der Waals surface area contributed by atoms with Gasteiger partial charge in [-0.15, -0.1) is 6.58 Å². The number of nitrogens with zero attached hydrogens (tertiary/aromatic N) is 2. The van der Waals surface area contributed by atoms with Crippen molar-refractivity contribution >= 4 is 29.3 Å². The molecule has 1 fully saturated rings. The van der Waals surface area contributed by atoms with Crippen LogP contribution in [-0.4, -0.2) is 42.5 Å². The zero-order valence-electron chi connectivity index (χ0n) is 14.6. The molecule has 7 nitrogen and oxygen atoms in total. The predicted molar refractivity (Wildman–Crippen MR) is 97.6 cm³/mol. The average molecular weight is 344 g/mol. The Bertz CT molecular complexity index is 674. The SMILES string of the molecule is C=CCCCN(C)C(=O)Nc1cccc(N2C(=O)N[C@@H](CC)C2=O)c1. The number of nitrogens with one attached hydrogen (secondary N) is 2. The summed E-state index contributed by atoms with van der Waals surface area (Å²) in [6, 6.07) is 5.51. The lowest BCUT2D eigenvalue weighted by Gasteiger charge is -2.19. The monoisotopic (exact) mass is 344 g/mol. The summed E-state index contributed by atoms with van der Waals surface area (Å²) in [5.74, 6) is -0.280. The molecule has 1 aromatic rings. The fraction of sp³-hybridized carbons (Fsp3) is 0.389. The Hall–Kier alpha value is -2.83. The fourth-order valence-corrected chi connectivity index (χ4v) is 2.57. The first kappa shape index (κ1) is 18.5. The maximum Gasteiger partial charge on any atom is 0.329 e. The van der Waals surface area contributed by atoms with Crippen LogP contribution >= 0.6 is 0 Å². The Balaban J connectivity index is 2.06. The van der Waals surface area contributed by atoms with Crippen LogP contribution < -0.4 is 15.5 Å². The minimum Gasteiger partial charge on any atom is -0.328 e. The molecule has 1 saturated heterocycles. The highest BCUT2D eigenvalue weighted by Crippen LogP contribution is 2.24. The standard InChI is InChI=1S/C18H24N4O3/c1-4-6-7-11-21(3)17(24)19-13-9-8-10-14(12-13)22-16(23)15(5-2)20-18(22)25/h4,8-10,12,15H,1,5-7,11H2,2-3H3,(H,19,24)(H,20,25)/t15-/m0/s1. The van der Waals surface area contributed by atoms with Crippen molar-refractivity contribution in [1.82, 2.24) is 10.2 Å². The van der Waals surface area contributed by atoms with Gasteiger partial charge in [0.15, 0.2) is 0 Å². The van der Waals surface area contributed by atoms with Gasteiger partial charge in [-0.2, -0.15) is 0 Å². The van der Waals surface area contributed by atoms with Crippen molar-refractivity contribution < 1.29 is 14.4 Å². The van der Waals surface area contributed by atoms with Crippen LogP contribution in [-0.2, 0) is 4.79 Å². The minimum absolute atomic E-state index is 0.246. The van der Waals surface area contributed by atoms with Crippen LogP contribution in [0.1, 0.15) is 26.2 Å². The van der Waals surface area contributed by atoms with E-state index in [1.165, 1.54) is 0 Å². The van der Waals surface area contributed by atoms with Crippen molar-refractivity contribution in [3.63, 3.8) is 0 Å². The van der Waals surface area contributed by atoms with Crippen molar-refractivity contribution in [3.05, 3.63) is 36.9 Å². The van der Waals surface area contributed by atoms with Gasteiger partial charge >= 0.3 is 12.1 Å². The highest BCUT2D eigenvalue weighted by Gasteiger charge is 2.37. The van der Waals surface area contributed by atoms with Gasteiger partial charge in [0.25, 0.3) is 5.91 Å². The quantitative estimate of drug-likeness (QED) is 0.453. The number of imide groups is 1. The van der Waals surface area contributed by atoms with Crippen LogP contribution in [0.3, 0.4) is 0 Å². The molecule has 0 aromatic heterocycles. The Morgan fingerprint density at radius 3 is 2.84 bits per heavy atom. The number of anilines is 2. The molecule has 2 N–H and O–H groups in total. The van der Waals surface area contributed by atoms with Crippen LogP contribution in [0, 0.1) is 0 Å². The number of unbranched alkanes of at least 4 members (excludes halogenated alkanes) is 1. The molecule has 2 rings (SSSR count). The van der Waals surface area contributed by atoms with Crippen LogP contribution in [0.25, 0.3) is 0 Å². The van der Waals surface area contributed by atoms with Gasteiger partial charge in [-0.25, -0.2) is 14.5 Å². The van der Waals surface area contributed by atoms with Gasteiger partial charge in [0, 0.05) is 19.3 Å². The largest absolute Gasteiger partial charge is 0.329 e. The molecule has 0 radical (unpaired) electrons.